The zero-order valence-electron chi connectivity index (χ0n) is 20.9. The highest BCUT2D eigenvalue weighted by Gasteiger charge is 2.17. The molecule has 12 heteroatoms. The Balaban J connectivity index is 1.40. The lowest BCUT2D eigenvalue weighted by Gasteiger charge is -2.12. The van der Waals surface area contributed by atoms with Crippen molar-refractivity contribution in [3.05, 3.63) is 88.7 Å². The van der Waals surface area contributed by atoms with E-state index in [4.69, 9.17) is 32.7 Å². The highest BCUT2D eigenvalue weighted by molar-refractivity contribution is 7.99. The molecule has 0 aliphatic carbocycles. The van der Waals surface area contributed by atoms with Crippen molar-refractivity contribution in [1.82, 2.24) is 20.1 Å². The molecule has 0 unspecified atom stereocenters. The van der Waals surface area contributed by atoms with E-state index in [1.165, 1.54) is 11.8 Å². The van der Waals surface area contributed by atoms with Crippen LogP contribution in [0.2, 0.25) is 10.0 Å². The molecular formula is C27H25Cl2N5O4S. The first-order valence-corrected chi connectivity index (χ1v) is 13.7. The highest BCUT2D eigenvalue weighted by atomic mass is 35.5. The smallest absolute Gasteiger partial charge is 0.258 e. The first-order chi connectivity index (χ1) is 18.9. The van der Waals surface area contributed by atoms with Crippen molar-refractivity contribution in [2.24, 2.45) is 0 Å². The third-order valence-corrected chi connectivity index (χ3v) is 6.59. The number of rotatable bonds is 12. The van der Waals surface area contributed by atoms with Crippen molar-refractivity contribution in [3.63, 3.8) is 0 Å². The summed E-state index contributed by atoms with van der Waals surface area (Å²) < 4.78 is 12.7. The van der Waals surface area contributed by atoms with Gasteiger partial charge in [0, 0.05) is 15.7 Å². The van der Waals surface area contributed by atoms with E-state index in [1.807, 2.05) is 13.0 Å². The molecule has 0 spiro atoms. The second-order valence-electron chi connectivity index (χ2n) is 8.03. The van der Waals surface area contributed by atoms with E-state index in [-0.39, 0.29) is 30.7 Å². The van der Waals surface area contributed by atoms with Gasteiger partial charge in [-0.25, -0.2) is 0 Å². The summed E-state index contributed by atoms with van der Waals surface area (Å²) in [7, 11) is 0. The van der Waals surface area contributed by atoms with Crippen LogP contribution in [0.25, 0.3) is 5.69 Å². The zero-order chi connectivity index (χ0) is 27.6. The van der Waals surface area contributed by atoms with Crippen LogP contribution in [0, 0.1) is 0 Å². The summed E-state index contributed by atoms with van der Waals surface area (Å²) in [5, 5.41) is 15.7. The minimum absolute atomic E-state index is 0.0846. The molecule has 4 aromatic rings. The third-order valence-electron chi connectivity index (χ3n) is 5.18. The fourth-order valence-corrected chi connectivity index (χ4v) is 4.50. The number of ether oxygens (including phenoxy) is 2. The maximum absolute atomic E-state index is 12.6. The first-order valence-electron chi connectivity index (χ1n) is 11.9. The number of carbonyl (C=O) groups is 2. The number of hydrogen-bond acceptors (Lipinski definition) is 7. The molecule has 0 atom stereocenters. The van der Waals surface area contributed by atoms with Gasteiger partial charge < -0.3 is 20.1 Å². The third kappa shape index (κ3) is 8.38. The summed E-state index contributed by atoms with van der Waals surface area (Å²) in [6.45, 7) is 2.38. The Morgan fingerprint density at radius 3 is 2.33 bits per heavy atom. The van der Waals surface area contributed by atoms with Gasteiger partial charge >= 0.3 is 0 Å². The van der Waals surface area contributed by atoms with Crippen LogP contribution in [-0.2, 0) is 16.1 Å². The SMILES string of the molecule is CCOc1ccc(NC(=O)CSc2nnc(CNC(=O)COc3ccc(Cl)cc3)n2-c2cccc(Cl)c2)cc1. The molecule has 0 saturated carbocycles. The van der Waals surface area contributed by atoms with Crippen LogP contribution in [0.1, 0.15) is 12.7 Å². The zero-order valence-corrected chi connectivity index (χ0v) is 23.2. The van der Waals surface area contributed by atoms with Gasteiger partial charge in [-0.05, 0) is 73.7 Å². The standard InChI is InChI=1S/C27H25Cl2N5O4S/c1-2-37-22-12-8-20(9-13-22)31-26(36)17-39-27-33-32-24(34(27)21-5-3-4-19(29)14-21)15-30-25(35)16-38-23-10-6-18(28)7-11-23/h3-14H,2,15-17H2,1H3,(H,30,35)(H,31,36). The topological polar surface area (TPSA) is 107 Å². The Morgan fingerprint density at radius 2 is 1.62 bits per heavy atom. The van der Waals surface area contributed by atoms with Crippen LogP contribution in [0.3, 0.4) is 0 Å². The number of amides is 2. The van der Waals surface area contributed by atoms with Crippen LogP contribution in [-0.4, -0.2) is 45.5 Å². The predicted molar refractivity (Wildman–Crippen MR) is 152 cm³/mol. The molecule has 0 saturated heterocycles. The van der Waals surface area contributed by atoms with Gasteiger partial charge in [-0.15, -0.1) is 10.2 Å². The summed E-state index contributed by atoms with van der Waals surface area (Å²) >= 11 is 13.3. The molecule has 0 bridgehead atoms. The van der Waals surface area contributed by atoms with Crippen molar-refractivity contribution in [3.8, 4) is 17.2 Å². The van der Waals surface area contributed by atoms with Crippen molar-refractivity contribution in [2.75, 3.05) is 24.3 Å². The van der Waals surface area contributed by atoms with Crippen molar-refractivity contribution in [1.29, 1.82) is 0 Å². The second kappa shape index (κ2) is 13.9. The molecule has 0 radical (unpaired) electrons. The van der Waals surface area contributed by atoms with E-state index < -0.39 is 0 Å². The largest absolute Gasteiger partial charge is 0.494 e. The monoisotopic (exact) mass is 585 g/mol. The predicted octanol–water partition coefficient (Wildman–Crippen LogP) is 5.40. The molecule has 202 valence electrons. The van der Waals surface area contributed by atoms with Crippen LogP contribution >= 0.6 is 35.0 Å². The van der Waals surface area contributed by atoms with Crippen LogP contribution in [0.15, 0.2) is 78.0 Å². The summed E-state index contributed by atoms with van der Waals surface area (Å²) in [5.41, 5.74) is 1.35. The van der Waals surface area contributed by atoms with Gasteiger partial charge in [-0.1, -0.05) is 41.0 Å². The van der Waals surface area contributed by atoms with E-state index in [1.54, 1.807) is 71.3 Å². The van der Waals surface area contributed by atoms with Gasteiger partial charge in [0.1, 0.15) is 11.5 Å². The Bertz CT molecular complexity index is 1410. The molecule has 1 aromatic heterocycles. The number of halogens is 2. The Hall–Kier alpha value is -3.73. The molecule has 3 aromatic carbocycles. The highest BCUT2D eigenvalue weighted by Crippen LogP contribution is 2.25. The minimum atomic E-state index is -0.338. The number of aromatic nitrogens is 3. The fraction of sp³-hybridized carbons (Fsp3) is 0.185. The van der Waals surface area contributed by atoms with E-state index in [9.17, 15) is 9.59 Å². The quantitative estimate of drug-likeness (QED) is 0.214. The fourth-order valence-electron chi connectivity index (χ4n) is 3.42. The Kier molecular flexibility index (Phi) is 10.1. The number of anilines is 1. The minimum Gasteiger partial charge on any atom is -0.494 e. The molecule has 4 rings (SSSR count). The first kappa shape index (κ1) is 28.3. The number of benzene rings is 3. The molecule has 1 heterocycles. The lowest BCUT2D eigenvalue weighted by Crippen LogP contribution is -2.29. The lowest BCUT2D eigenvalue weighted by molar-refractivity contribution is -0.123. The average Bonchev–Trinajstić information content (AvgIpc) is 3.34. The summed E-state index contributed by atoms with van der Waals surface area (Å²) in [4.78, 5) is 25.0. The second-order valence-corrected chi connectivity index (χ2v) is 9.84. The normalized spacial score (nSPS) is 10.6. The van der Waals surface area contributed by atoms with Crippen molar-refractivity contribution in [2.45, 2.75) is 18.6 Å². The summed E-state index contributed by atoms with van der Waals surface area (Å²) in [6, 6.07) is 21.0. The molecule has 0 aliphatic heterocycles. The molecule has 9 nitrogen and oxygen atoms in total. The average molecular weight is 587 g/mol. The van der Waals surface area contributed by atoms with Crippen LogP contribution in [0.4, 0.5) is 5.69 Å². The molecular weight excluding hydrogens is 561 g/mol. The lowest BCUT2D eigenvalue weighted by atomic mass is 10.3. The van der Waals surface area contributed by atoms with E-state index in [0.717, 1.165) is 5.75 Å². The maximum Gasteiger partial charge on any atom is 0.258 e. The maximum atomic E-state index is 12.6. The van der Waals surface area contributed by atoms with E-state index in [2.05, 4.69) is 20.8 Å². The molecule has 2 amide bonds. The molecule has 0 fully saturated rings. The van der Waals surface area contributed by atoms with Gasteiger partial charge in [0.2, 0.25) is 5.91 Å². The number of nitrogens with one attached hydrogen (secondary N) is 2. The number of carbonyl (C=O) groups excluding carboxylic acids is 2. The summed E-state index contributed by atoms with van der Waals surface area (Å²) in [5.74, 6) is 1.27. The van der Waals surface area contributed by atoms with Gasteiger partial charge in [-0.3, -0.25) is 14.2 Å². The van der Waals surface area contributed by atoms with Gasteiger partial charge in [-0.2, -0.15) is 0 Å². The molecule has 0 aliphatic rings. The van der Waals surface area contributed by atoms with Gasteiger partial charge in [0.25, 0.3) is 5.91 Å². The Morgan fingerprint density at radius 1 is 0.897 bits per heavy atom. The van der Waals surface area contributed by atoms with E-state index >= 15 is 0 Å². The van der Waals surface area contributed by atoms with Crippen LogP contribution < -0.4 is 20.1 Å². The van der Waals surface area contributed by atoms with Gasteiger partial charge in [0.05, 0.1) is 24.6 Å². The van der Waals surface area contributed by atoms with Crippen LogP contribution in [0.5, 0.6) is 11.5 Å². The van der Waals surface area contributed by atoms with E-state index in [0.29, 0.717) is 44.8 Å². The summed E-state index contributed by atoms with van der Waals surface area (Å²) in [6.07, 6.45) is 0. The van der Waals surface area contributed by atoms with Crippen molar-refractivity contribution >= 4 is 52.5 Å². The Labute approximate surface area is 239 Å². The van der Waals surface area contributed by atoms with Gasteiger partial charge in [0.15, 0.2) is 17.6 Å². The number of hydrogen-bond donors (Lipinski definition) is 2. The number of nitrogens with zero attached hydrogens (tertiary/aromatic N) is 3. The molecule has 39 heavy (non-hydrogen) atoms. The molecule has 2 N–H and O–H groups in total. The number of thioether (sulfide) groups is 1. The van der Waals surface area contributed by atoms with Crippen molar-refractivity contribution < 1.29 is 19.1 Å².